The summed E-state index contributed by atoms with van der Waals surface area (Å²) in [7, 11) is 0. The van der Waals surface area contributed by atoms with Crippen molar-refractivity contribution in [3.63, 3.8) is 0 Å². The quantitative estimate of drug-likeness (QED) is 0.294. The van der Waals surface area contributed by atoms with Crippen molar-refractivity contribution >= 4 is 0 Å². The van der Waals surface area contributed by atoms with Crippen molar-refractivity contribution in [1.29, 1.82) is 0 Å². The second kappa shape index (κ2) is 8.88. The maximum atomic E-state index is 13.3. The predicted octanol–water partition coefficient (Wildman–Crippen LogP) is 7.08. The molecule has 0 bridgehead atoms. The van der Waals surface area contributed by atoms with Crippen molar-refractivity contribution in [3.8, 4) is 11.8 Å². The van der Waals surface area contributed by atoms with Crippen molar-refractivity contribution < 1.29 is 22.0 Å². The normalized spacial score (nSPS) is 21.2. The third kappa shape index (κ3) is 5.46. The van der Waals surface area contributed by atoms with E-state index < -0.39 is 17.7 Å². The van der Waals surface area contributed by atoms with Gasteiger partial charge in [0.1, 0.15) is 0 Å². The van der Waals surface area contributed by atoms with Crippen molar-refractivity contribution in [2.75, 3.05) is 0 Å². The molecule has 1 aliphatic rings. The summed E-state index contributed by atoms with van der Waals surface area (Å²) in [6.45, 7) is 2.20. The van der Waals surface area contributed by atoms with Crippen molar-refractivity contribution in [2.45, 2.75) is 70.4 Å². The van der Waals surface area contributed by atoms with Crippen LogP contribution in [0.25, 0.3) is 0 Å². The van der Waals surface area contributed by atoms with Gasteiger partial charge in [-0.25, -0.2) is 0 Å². The Morgan fingerprint density at radius 2 is 1.54 bits per heavy atom. The Balaban J connectivity index is 1.89. The van der Waals surface area contributed by atoms with E-state index in [4.69, 9.17) is 0 Å². The molecule has 5 heteroatoms. The van der Waals surface area contributed by atoms with Gasteiger partial charge in [-0.15, -0.1) is 0 Å². The SMILES string of the molecule is CCCCC[C@H]1CC[C@H](C#Cc2ccc(C(F)(F)C(F)(F)F)cc2)CC1. The smallest absolute Gasteiger partial charge is 0.191 e. The minimum atomic E-state index is -5.59. The molecular weight excluding hydrogens is 347 g/mol. The van der Waals surface area contributed by atoms with Crippen molar-refractivity contribution in [2.24, 2.45) is 11.8 Å². The Morgan fingerprint density at radius 1 is 0.923 bits per heavy atom. The average molecular weight is 372 g/mol. The topological polar surface area (TPSA) is 0 Å². The highest BCUT2D eigenvalue weighted by molar-refractivity contribution is 5.38. The molecule has 1 aromatic rings. The molecule has 0 nitrogen and oxygen atoms in total. The summed E-state index contributed by atoms with van der Waals surface area (Å²) >= 11 is 0. The van der Waals surface area contributed by atoms with Gasteiger partial charge in [-0.3, -0.25) is 0 Å². The lowest BCUT2D eigenvalue weighted by Crippen LogP contribution is -2.33. The fourth-order valence-electron chi connectivity index (χ4n) is 3.39. The van der Waals surface area contributed by atoms with E-state index in [1.807, 2.05) is 0 Å². The molecule has 0 unspecified atom stereocenters. The molecule has 0 amide bonds. The summed E-state index contributed by atoms with van der Waals surface area (Å²) in [6, 6.07) is 4.08. The van der Waals surface area contributed by atoms with E-state index in [0.29, 0.717) is 5.56 Å². The molecule has 0 saturated heterocycles. The second-order valence-corrected chi connectivity index (χ2v) is 7.13. The van der Waals surface area contributed by atoms with Gasteiger partial charge in [0.25, 0.3) is 0 Å². The monoisotopic (exact) mass is 372 g/mol. The van der Waals surface area contributed by atoms with Crippen molar-refractivity contribution in [3.05, 3.63) is 35.4 Å². The lowest BCUT2D eigenvalue weighted by atomic mass is 9.80. The van der Waals surface area contributed by atoms with E-state index in [1.54, 1.807) is 0 Å². The van der Waals surface area contributed by atoms with Crippen LogP contribution in [0.5, 0.6) is 0 Å². The minimum Gasteiger partial charge on any atom is -0.191 e. The molecule has 0 aliphatic heterocycles. The highest BCUT2D eigenvalue weighted by Crippen LogP contribution is 2.43. The number of hydrogen-bond acceptors (Lipinski definition) is 0. The van der Waals surface area contributed by atoms with E-state index in [1.165, 1.54) is 50.7 Å². The third-order valence-corrected chi connectivity index (χ3v) is 5.09. The molecule has 2 rings (SSSR count). The molecule has 1 aromatic carbocycles. The maximum Gasteiger partial charge on any atom is 0.458 e. The van der Waals surface area contributed by atoms with Crippen LogP contribution in [-0.2, 0) is 5.92 Å². The third-order valence-electron chi connectivity index (χ3n) is 5.09. The van der Waals surface area contributed by atoms with Gasteiger partial charge in [-0.05, 0) is 43.7 Å². The molecule has 144 valence electrons. The van der Waals surface area contributed by atoms with Crippen LogP contribution >= 0.6 is 0 Å². The van der Waals surface area contributed by atoms with Gasteiger partial charge in [-0.1, -0.05) is 56.6 Å². The van der Waals surface area contributed by atoms with Gasteiger partial charge in [0, 0.05) is 17.0 Å². The Morgan fingerprint density at radius 3 is 2.08 bits per heavy atom. The summed E-state index contributed by atoms with van der Waals surface area (Å²) in [4.78, 5) is 0. The van der Waals surface area contributed by atoms with Crippen LogP contribution in [-0.4, -0.2) is 6.18 Å². The molecule has 0 N–H and O–H groups in total. The molecule has 0 heterocycles. The van der Waals surface area contributed by atoms with Crippen LogP contribution in [0.3, 0.4) is 0 Å². The first kappa shape index (κ1) is 20.7. The first-order valence-corrected chi connectivity index (χ1v) is 9.30. The number of rotatable bonds is 5. The van der Waals surface area contributed by atoms with Gasteiger partial charge in [0.05, 0.1) is 0 Å². The van der Waals surface area contributed by atoms with E-state index in [0.717, 1.165) is 30.9 Å². The number of halogens is 5. The van der Waals surface area contributed by atoms with E-state index in [2.05, 4.69) is 18.8 Å². The number of alkyl halides is 5. The first-order chi connectivity index (χ1) is 12.2. The standard InChI is InChI=1S/C21H25F5/c1-2-3-4-5-16-6-8-17(9-7-16)10-11-18-12-14-19(15-13-18)20(22,23)21(24,25)26/h12-17H,2-9H2,1H3/t16-,17-. The Kier molecular flexibility index (Phi) is 7.08. The fraction of sp³-hybridized carbons (Fsp3) is 0.619. The van der Waals surface area contributed by atoms with Gasteiger partial charge in [0.2, 0.25) is 0 Å². The van der Waals surface area contributed by atoms with Crippen LogP contribution in [0.15, 0.2) is 24.3 Å². The first-order valence-electron chi connectivity index (χ1n) is 9.30. The van der Waals surface area contributed by atoms with Gasteiger partial charge in [0.15, 0.2) is 0 Å². The lowest BCUT2D eigenvalue weighted by Gasteiger charge is -2.25. The lowest BCUT2D eigenvalue weighted by molar-refractivity contribution is -0.289. The van der Waals surface area contributed by atoms with Gasteiger partial charge in [-0.2, -0.15) is 22.0 Å². The molecule has 26 heavy (non-hydrogen) atoms. The van der Waals surface area contributed by atoms with E-state index in [-0.39, 0.29) is 5.92 Å². The zero-order chi connectivity index (χ0) is 19.2. The highest BCUT2D eigenvalue weighted by Gasteiger charge is 2.58. The highest BCUT2D eigenvalue weighted by atomic mass is 19.4. The minimum absolute atomic E-state index is 0.286. The number of hydrogen-bond donors (Lipinski definition) is 0. The molecule has 0 spiro atoms. The van der Waals surface area contributed by atoms with Crippen LogP contribution in [0.4, 0.5) is 22.0 Å². The zero-order valence-electron chi connectivity index (χ0n) is 15.0. The average Bonchev–Trinajstić information content (AvgIpc) is 2.61. The molecule has 1 fully saturated rings. The fourth-order valence-corrected chi connectivity index (χ4v) is 3.39. The van der Waals surface area contributed by atoms with Gasteiger partial charge < -0.3 is 0 Å². The molecule has 0 radical (unpaired) electrons. The summed E-state index contributed by atoms with van der Waals surface area (Å²) in [5.74, 6) is 2.31. The summed E-state index contributed by atoms with van der Waals surface area (Å²) < 4.78 is 63.6. The predicted molar refractivity (Wildman–Crippen MR) is 92.9 cm³/mol. The van der Waals surface area contributed by atoms with Crippen molar-refractivity contribution in [1.82, 2.24) is 0 Å². The molecule has 0 atom stereocenters. The van der Waals surface area contributed by atoms with E-state index in [9.17, 15) is 22.0 Å². The Labute approximate surface area is 152 Å². The summed E-state index contributed by atoms with van der Waals surface area (Å²) in [5.41, 5.74) is -0.583. The maximum absolute atomic E-state index is 13.3. The molecule has 1 saturated carbocycles. The Bertz CT molecular complexity index is 611. The number of benzene rings is 1. The zero-order valence-corrected chi connectivity index (χ0v) is 15.0. The second-order valence-electron chi connectivity index (χ2n) is 7.13. The van der Waals surface area contributed by atoms with Crippen LogP contribution in [0, 0.1) is 23.7 Å². The summed E-state index contributed by atoms with van der Waals surface area (Å²) in [5, 5.41) is 0. The molecule has 1 aliphatic carbocycles. The summed E-state index contributed by atoms with van der Waals surface area (Å²) in [6.07, 6.45) is 3.89. The molecule has 0 aromatic heterocycles. The Hall–Kier alpha value is -1.57. The largest absolute Gasteiger partial charge is 0.458 e. The molecular formula is C21H25F5. The van der Waals surface area contributed by atoms with Crippen LogP contribution in [0.2, 0.25) is 0 Å². The van der Waals surface area contributed by atoms with Crippen LogP contribution < -0.4 is 0 Å². The number of unbranched alkanes of at least 4 members (excludes halogenated alkanes) is 2. The van der Waals surface area contributed by atoms with Crippen LogP contribution in [0.1, 0.15) is 69.4 Å². The van der Waals surface area contributed by atoms with Gasteiger partial charge >= 0.3 is 12.1 Å². The van der Waals surface area contributed by atoms with E-state index >= 15 is 0 Å².